The van der Waals surface area contributed by atoms with Crippen LogP contribution in [0.15, 0.2) is 24.3 Å². The van der Waals surface area contributed by atoms with Crippen molar-refractivity contribution in [3.8, 4) is 5.75 Å². The molecule has 1 amide bonds. The standard InChI is InChI=1S/C18H29N3O3/c1-15(21-10-8-20(2)9-11-21)14-19-18(22)16-6-4-5-7-17(16)24-13-12-23-3/h4-7,15H,8-14H2,1-3H3,(H,19,22)/t15-/m0/s1. The molecule has 1 aromatic rings. The fourth-order valence-corrected chi connectivity index (χ4v) is 2.74. The highest BCUT2D eigenvalue weighted by Gasteiger charge is 2.20. The van der Waals surface area contributed by atoms with Crippen LogP contribution in [0.2, 0.25) is 0 Å². The molecule has 1 fully saturated rings. The van der Waals surface area contributed by atoms with Gasteiger partial charge in [0.05, 0.1) is 12.2 Å². The summed E-state index contributed by atoms with van der Waals surface area (Å²) >= 11 is 0. The molecule has 0 spiro atoms. The van der Waals surface area contributed by atoms with E-state index in [9.17, 15) is 4.79 Å². The van der Waals surface area contributed by atoms with Crippen molar-refractivity contribution in [2.45, 2.75) is 13.0 Å². The van der Waals surface area contributed by atoms with Crippen LogP contribution in [0.3, 0.4) is 0 Å². The molecule has 1 aliphatic rings. The van der Waals surface area contributed by atoms with Crippen molar-refractivity contribution in [1.82, 2.24) is 15.1 Å². The molecule has 0 unspecified atom stereocenters. The third-order valence-electron chi connectivity index (χ3n) is 4.40. The van der Waals surface area contributed by atoms with Gasteiger partial charge in [-0.3, -0.25) is 9.69 Å². The molecule has 0 saturated carbocycles. The minimum Gasteiger partial charge on any atom is -0.490 e. The Kier molecular flexibility index (Phi) is 7.49. The third kappa shape index (κ3) is 5.47. The molecule has 1 atom stereocenters. The van der Waals surface area contributed by atoms with E-state index in [4.69, 9.17) is 9.47 Å². The predicted molar refractivity (Wildman–Crippen MR) is 94.7 cm³/mol. The Bertz CT molecular complexity index is 516. The fraction of sp³-hybridized carbons (Fsp3) is 0.611. The van der Waals surface area contributed by atoms with Gasteiger partial charge >= 0.3 is 0 Å². The van der Waals surface area contributed by atoms with E-state index in [0.717, 1.165) is 26.2 Å². The second-order valence-electron chi connectivity index (χ2n) is 6.24. The molecule has 6 nitrogen and oxygen atoms in total. The summed E-state index contributed by atoms with van der Waals surface area (Å²) in [6.07, 6.45) is 0. The Labute approximate surface area is 144 Å². The summed E-state index contributed by atoms with van der Waals surface area (Å²) in [5.74, 6) is 0.503. The molecule has 0 bridgehead atoms. The first-order chi connectivity index (χ1) is 11.6. The number of ether oxygens (including phenoxy) is 2. The summed E-state index contributed by atoms with van der Waals surface area (Å²) in [6, 6.07) is 7.64. The van der Waals surface area contributed by atoms with Crippen LogP contribution >= 0.6 is 0 Å². The number of carbonyl (C=O) groups is 1. The van der Waals surface area contributed by atoms with Crippen LogP contribution in [0.5, 0.6) is 5.75 Å². The summed E-state index contributed by atoms with van der Waals surface area (Å²) in [5, 5.41) is 3.03. The van der Waals surface area contributed by atoms with Crippen molar-refractivity contribution in [3.63, 3.8) is 0 Å². The summed E-state index contributed by atoms with van der Waals surface area (Å²) in [5.41, 5.74) is 0.569. The van der Waals surface area contributed by atoms with E-state index in [1.54, 1.807) is 13.2 Å². The zero-order valence-corrected chi connectivity index (χ0v) is 15.0. The van der Waals surface area contributed by atoms with E-state index >= 15 is 0 Å². The topological polar surface area (TPSA) is 54.0 Å². The Hall–Kier alpha value is -1.63. The Balaban J connectivity index is 1.85. The minimum atomic E-state index is -0.0935. The lowest BCUT2D eigenvalue weighted by molar-refractivity contribution is 0.0897. The second kappa shape index (κ2) is 9.61. The van der Waals surface area contributed by atoms with Crippen LogP contribution < -0.4 is 10.1 Å². The quantitative estimate of drug-likeness (QED) is 0.721. The Morgan fingerprint density at radius 2 is 1.92 bits per heavy atom. The Morgan fingerprint density at radius 3 is 2.62 bits per heavy atom. The van der Waals surface area contributed by atoms with E-state index in [1.807, 2.05) is 18.2 Å². The van der Waals surface area contributed by atoms with Crippen LogP contribution in [0.4, 0.5) is 0 Å². The van der Waals surface area contributed by atoms with Crippen LogP contribution in [-0.4, -0.2) is 81.8 Å². The first-order valence-corrected chi connectivity index (χ1v) is 8.53. The second-order valence-corrected chi connectivity index (χ2v) is 6.24. The molecule has 2 rings (SSSR count). The number of para-hydroxylation sites is 1. The summed E-state index contributed by atoms with van der Waals surface area (Å²) < 4.78 is 10.6. The number of hydrogen-bond donors (Lipinski definition) is 1. The molecule has 24 heavy (non-hydrogen) atoms. The van der Waals surface area contributed by atoms with Gasteiger partial charge in [-0.25, -0.2) is 0 Å². The van der Waals surface area contributed by atoms with E-state index in [1.165, 1.54) is 0 Å². The van der Waals surface area contributed by atoms with E-state index in [-0.39, 0.29) is 5.91 Å². The SMILES string of the molecule is COCCOc1ccccc1C(=O)NC[C@H](C)N1CCN(C)CC1. The number of amides is 1. The number of piperazine rings is 1. The van der Waals surface area contributed by atoms with Crippen molar-refractivity contribution in [2.24, 2.45) is 0 Å². The number of carbonyl (C=O) groups excluding carboxylic acids is 1. The monoisotopic (exact) mass is 335 g/mol. The van der Waals surface area contributed by atoms with Gasteiger partial charge in [0.1, 0.15) is 12.4 Å². The number of nitrogens with one attached hydrogen (secondary N) is 1. The van der Waals surface area contributed by atoms with Crippen molar-refractivity contribution >= 4 is 5.91 Å². The van der Waals surface area contributed by atoms with Crippen LogP contribution in [-0.2, 0) is 4.74 Å². The molecule has 1 saturated heterocycles. The maximum atomic E-state index is 12.5. The van der Waals surface area contributed by atoms with Crippen molar-refractivity contribution in [3.05, 3.63) is 29.8 Å². The maximum absolute atomic E-state index is 12.5. The van der Waals surface area contributed by atoms with Crippen LogP contribution in [0, 0.1) is 0 Å². The number of rotatable bonds is 8. The van der Waals surface area contributed by atoms with Crippen molar-refractivity contribution < 1.29 is 14.3 Å². The fourth-order valence-electron chi connectivity index (χ4n) is 2.74. The molecule has 6 heteroatoms. The zero-order valence-electron chi connectivity index (χ0n) is 15.0. The number of hydrogen-bond acceptors (Lipinski definition) is 5. The highest BCUT2D eigenvalue weighted by atomic mass is 16.5. The molecule has 0 aromatic heterocycles. The van der Waals surface area contributed by atoms with Gasteiger partial charge < -0.3 is 19.7 Å². The summed E-state index contributed by atoms with van der Waals surface area (Å²) in [7, 11) is 3.77. The first kappa shape index (κ1) is 18.7. The van der Waals surface area contributed by atoms with Gasteiger partial charge in [0.2, 0.25) is 0 Å². The molecule has 1 heterocycles. The van der Waals surface area contributed by atoms with E-state index < -0.39 is 0 Å². The number of methoxy groups -OCH3 is 1. The number of likely N-dealkylation sites (N-methyl/N-ethyl adjacent to an activating group) is 1. The minimum absolute atomic E-state index is 0.0935. The van der Waals surface area contributed by atoms with Gasteiger partial charge in [-0.05, 0) is 26.1 Å². The van der Waals surface area contributed by atoms with Gasteiger partial charge in [-0.15, -0.1) is 0 Å². The lowest BCUT2D eigenvalue weighted by atomic mass is 10.1. The molecule has 0 aliphatic carbocycles. The molecule has 1 N–H and O–H groups in total. The van der Waals surface area contributed by atoms with Gasteiger partial charge in [0.15, 0.2) is 0 Å². The van der Waals surface area contributed by atoms with Gasteiger partial charge in [-0.2, -0.15) is 0 Å². The third-order valence-corrected chi connectivity index (χ3v) is 4.40. The number of nitrogens with zero attached hydrogens (tertiary/aromatic N) is 2. The van der Waals surface area contributed by atoms with Gasteiger partial charge in [0.25, 0.3) is 5.91 Å². The first-order valence-electron chi connectivity index (χ1n) is 8.53. The predicted octanol–water partition coefficient (Wildman–Crippen LogP) is 1.08. The van der Waals surface area contributed by atoms with E-state index in [2.05, 4.69) is 29.1 Å². The highest BCUT2D eigenvalue weighted by Crippen LogP contribution is 2.17. The average molecular weight is 335 g/mol. The Morgan fingerprint density at radius 1 is 1.21 bits per heavy atom. The van der Waals surface area contributed by atoms with Gasteiger partial charge in [-0.1, -0.05) is 12.1 Å². The van der Waals surface area contributed by atoms with E-state index in [0.29, 0.717) is 37.1 Å². The van der Waals surface area contributed by atoms with Gasteiger partial charge in [0, 0.05) is 45.9 Å². The molecular formula is C18H29N3O3. The highest BCUT2D eigenvalue weighted by molar-refractivity contribution is 5.96. The molecule has 0 radical (unpaired) electrons. The lowest BCUT2D eigenvalue weighted by Crippen LogP contribution is -2.51. The lowest BCUT2D eigenvalue weighted by Gasteiger charge is -2.36. The summed E-state index contributed by atoms with van der Waals surface area (Å²) in [4.78, 5) is 17.2. The maximum Gasteiger partial charge on any atom is 0.255 e. The normalized spacial score (nSPS) is 17.5. The summed E-state index contributed by atoms with van der Waals surface area (Å²) in [6.45, 7) is 7.97. The number of benzene rings is 1. The smallest absolute Gasteiger partial charge is 0.255 e. The van der Waals surface area contributed by atoms with Crippen molar-refractivity contribution in [1.29, 1.82) is 0 Å². The molecular weight excluding hydrogens is 306 g/mol. The molecule has 1 aromatic carbocycles. The van der Waals surface area contributed by atoms with Crippen LogP contribution in [0.1, 0.15) is 17.3 Å². The van der Waals surface area contributed by atoms with Crippen LogP contribution in [0.25, 0.3) is 0 Å². The molecule has 134 valence electrons. The zero-order chi connectivity index (χ0) is 17.4. The average Bonchev–Trinajstić information content (AvgIpc) is 2.60. The molecule has 1 aliphatic heterocycles. The van der Waals surface area contributed by atoms with Crippen molar-refractivity contribution in [2.75, 3.05) is 60.1 Å². The largest absolute Gasteiger partial charge is 0.490 e.